The molecular formula is C46H29NOS. The van der Waals surface area contributed by atoms with Gasteiger partial charge in [-0.05, 0) is 63.4 Å². The van der Waals surface area contributed by atoms with Crippen LogP contribution in [0, 0.1) is 0 Å². The molecule has 49 heavy (non-hydrogen) atoms. The number of fused-ring (bicyclic) bond motifs is 7. The van der Waals surface area contributed by atoms with Gasteiger partial charge in [0.25, 0.3) is 0 Å². The first-order chi connectivity index (χ1) is 24.3. The lowest BCUT2D eigenvalue weighted by Crippen LogP contribution is -2.10. The fourth-order valence-electron chi connectivity index (χ4n) is 7.41. The molecule has 10 rings (SSSR count). The number of rotatable bonds is 5. The molecule has 0 aliphatic heterocycles. The first-order valence-corrected chi connectivity index (χ1v) is 17.4. The Hall–Kier alpha value is -6.16. The lowest BCUT2D eigenvalue weighted by molar-refractivity contribution is 0.669. The third-order valence-electron chi connectivity index (χ3n) is 9.68. The summed E-state index contributed by atoms with van der Waals surface area (Å²) in [6, 6.07) is 63.1. The van der Waals surface area contributed by atoms with E-state index < -0.39 is 0 Å². The molecule has 0 atom stereocenters. The molecule has 0 saturated carbocycles. The Labute approximate surface area is 287 Å². The van der Waals surface area contributed by atoms with E-state index in [1.54, 1.807) is 0 Å². The minimum atomic E-state index is 0.880. The summed E-state index contributed by atoms with van der Waals surface area (Å²) in [5.41, 5.74) is 9.90. The monoisotopic (exact) mass is 643 g/mol. The van der Waals surface area contributed by atoms with Crippen LogP contribution in [-0.2, 0) is 0 Å². The predicted octanol–water partition coefficient (Wildman–Crippen LogP) is 13.9. The fourth-order valence-corrected chi connectivity index (χ4v) is 8.75. The zero-order valence-corrected chi connectivity index (χ0v) is 27.3. The molecule has 0 aliphatic rings. The van der Waals surface area contributed by atoms with E-state index in [-0.39, 0.29) is 0 Å². The van der Waals surface area contributed by atoms with Gasteiger partial charge in [-0.3, -0.25) is 0 Å². The normalized spacial score (nSPS) is 11.7. The molecule has 0 bridgehead atoms. The molecule has 0 fully saturated rings. The Balaban J connectivity index is 1.22. The fraction of sp³-hybridized carbons (Fsp3) is 0. The first-order valence-electron chi connectivity index (χ1n) is 16.6. The molecule has 0 N–H and O–H groups in total. The number of benzene rings is 8. The molecule has 230 valence electrons. The maximum atomic E-state index is 6.66. The van der Waals surface area contributed by atoms with E-state index in [4.69, 9.17) is 4.42 Å². The van der Waals surface area contributed by atoms with Crippen LogP contribution in [0.25, 0.3) is 75.1 Å². The first kappa shape index (κ1) is 27.9. The quantitative estimate of drug-likeness (QED) is 0.186. The van der Waals surface area contributed by atoms with Crippen LogP contribution in [0.15, 0.2) is 180 Å². The van der Waals surface area contributed by atoms with Crippen LogP contribution in [-0.4, -0.2) is 0 Å². The molecule has 2 heterocycles. The molecule has 0 unspecified atom stereocenters. The molecular weight excluding hydrogens is 615 g/mol. The van der Waals surface area contributed by atoms with Crippen molar-refractivity contribution in [3.05, 3.63) is 176 Å². The number of anilines is 3. The number of thiophene rings is 1. The largest absolute Gasteiger partial charge is 0.454 e. The van der Waals surface area contributed by atoms with Crippen LogP contribution in [0.4, 0.5) is 17.1 Å². The minimum absolute atomic E-state index is 0.880. The number of para-hydroxylation sites is 2. The zero-order valence-electron chi connectivity index (χ0n) is 26.5. The number of hydrogen-bond donors (Lipinski definition) is 0. The molecule has 0 amide bonds. The zero-order chi connectivity index (χ0) is 32.3. The Kier molecular flexibility index (Phi) is 6.39. The van der Waals surface area contributed by atoms with E-state index in [2.05, 4.69) is 175 Å². The van der Waals surface area contributed by atoms with Crippen molar-refractivity contribution in [3.63, 3.8) is 0 Å². The van der Waals surface area contributed by atoms with Crippen molar-refractivity contribution in [2.24, 2.45) is 0 Å². The van der Waals surface area contributed by atoms with Crippen molar-refractivity contribution in [3.8, 4) is 22.3 Å². The van der Waals surface area contributed by atoms with Crippen LogP contribution in [0.5, 0.6) is 0 Å². The van der Waals surface area contributed by atoms with Gasteiger partial charge in [0.1, 0.15) is 5.58 Å². The summed E-state index contributed by atoms with van der Waals surface area (Å²) >= 11 is 1.87. The van der Waals surface area contributed by atoms with Gasteiger partial charge in [-0.25, -0.2) is 0 Å². The second-order valence-corrected chi connectivity index (χ2v) is 13.5. The Morgan fingerprint density at radius 1 is 0.388 bits per heavy atom. The van der Waals surface area contributed by atoms with Crippen molar-refractivity contribution in [1.82, 2.24) is 0 Å². The molecule has 0 radical (unpaired) electrons. The van der Waals surface area contributed by atoms with Gasteiger partial charge in [-0.1, -0.05) is 146 Å². The minimum Gasteiger partial charge on any atom is -0.454 e. The van der Waals surface area contributed by atoms with Crippen LogP contribution in [0.3, 0.4) is 0 Å². The van der Waals surface area contributed by atoms with Gasteiger partial charge in [0.2, 0.25) is 0 Å². The van der Waals surface area contributed by atoms with Gasteiger partial charge in [-0.15, -0.1) is 11.3 Å². The third kappa shape index (κ3) is 4.47. The molecule has 8 aromatic carbocycles. The standard InChI is InChI=1S/C46H29NOS/c1-2-12-31(13-3-1)36-19-9-21-39-40-22-11-24-42(46(40)49-45(36)39)47(41-23-10-20-38-37-17-6-7-25-43(37)48-44(38)41)33-28-26-32(27-29-33)35-18-8-15-30-14-4-5-16-34(30)35/h1-29H. The summed E-state index contributed by atoms with van der Waals surface area (Å²) in [6.07, 6.45) is 0. The van der Waals surface area contributed by atoms with E-state index in [1.807, 2.05) is 17.4 Å². The summed E-state index contributed by atoms with van der Waals surface area (Å²) in [5.74, 6) is 0. The van der Waals surface area contributed by atoms with E-state index in [1.165, 1.54) is 53.2 Å². The highest BCUT2D eigenvalue weighted by molar-refractivity contribution is 7.27. The van der Waals surface area contributed by atoms with Crippen LogP contribution >= 0.6 is 11.3 Å². The summed E-state index contributed by atoms with van der Waals surface area (Å²) in [6.45, 7) is 0. The molecule has 10 aromatic rings. The van der Waals surface area contributed by atoms with E-state index >= 15 is 0 Å². The van der Waals surface area contributed by atoms with Gasteiger partial charge in [0, 0.05) is 31.9 Å². The van der Waals surface area contributed by atoms with E-state index in [0.29, 0.717) is 0 Å². The predicted molar refractivity (Wildman–Crippen MR) is 210 cm³/mol. The highest BCUT2D eigenvalue weighted by atomic mass is 32.1. The van der Waals surface area contributed by atoms with Crippen LogP contribution in [0.2, 0.25) is 0 Å². The molecule has 2 aromatic heterocycles. The lowest BCUT2D eigenvalue weighted by Gasteiger charge is -2.26. The van der Waals surface area contributed by atoms with Gasteiger partial charge in [-0.2, -0.15) is 0 Å². The van der Waals surface area contributed by atoms with Gasteiger partial charge >= 0.3 is 0 Å². The average Bonchev–Trinajstić information content (AvgIpc) is 3.75. The van der Waals surface area contributed by atoms with Crippen molar-refractivity contribution >= 4 is 81.3 Å². The molecule has 0 saturated heterocycles. The number of hydrogen-bond acceptors (Lipinski definition) is 3. The SMILES string of the molecule is c1ccc(-c2cccc3c2sc2c(N(c4ccc(-c5cccc6ccccc56)cc4)c4cccc5c4oc4ccccc45)cccc23)cc1. The van der Waals surface area contributed by atoms with Crippen molar-refractivity contribution in [2.45, 2.75) is 0 Å². The second kappa shape index (κ2) is 11.2. The average molecular weight is 644 g/mol. The maximum Gasteiger partial charge on any atom is 0.159 e. The van der Waals surface area contributed by atoms with Crippen molar-refractivity contribution in [2.75, 3.05) is 4.90 Å². The van der Waals surface area contributed by atoms with Crippen LogP contribution in [0.1, 0.15) is 0 Å². The Bertz CT molecular complexity index is 2820. The second-order valence-electron chi connectivity index (χ2n) is 12.5. The van der Waals surface area contributed by atoms with Gasteiger partial charge < -0.3 is 9.32 Å². The molecule has 3 heteroatoms. The highest BCUT2D eigenvalue weighted by Gasteiger charge is 2.23. The number of furan rings is 1. The molecule has 2 nitrogen and oxygen atoms in total. The summed E-state index contributed by atoms with van der Waals surface area (Å²) in [4.78, 5) is 2.39. The van der Waals surface area contributed by atoms with Gasteiger partial charge in [0.15, 0.2) is 5.58 Å². The van der Waals surface area contributed by atoms with Gasteiger partial charge in [0.05, 0.1) is 16.1 Å². The summed E-state index contributed by atoms with van der Waals surface area (Å²) < 4.78 is 9.20. The summed E-state index contributed by atoms with van der Waals surface area (Å²) in [7, 11) is 0. The third-order valence-corrected chi connectivity index (χ3v) is 11.0. The van der Waals surface area contributed by atoms with E-state index in [0.717, 1.165) is 39.0 Å². The molecule has 0 spiro atoms. The lowest BCUT2D eigenvalue weighted by atomic mass is 9.98. The maximum absolute atomic E-state index is 6.66. The molecule has 0 aliphatic carbocycles. The Morgan fingerprint density at radius 2 is 0.980 bits per heavy atom. The summed E-state index contributed by atoms with van der Waals surface area (Å²) in [5, 5.41) is 7.26. The van der Waals surface area contributed by atoms with Crippen molar-refractivity contribution < 1.29 is 4.42 Å². The van der Waals surface area contributed by atoms with Crippen molar-refractivity contribution in [1.29, 1.82) is 0 Å². The topological polar surface area (TPSA) is 16.4 Å². The van der Waals surface area contributed by atoms with Crippen LogP contribution < -0.4 is 4.90 Å². The highest BCUT2D eigenvalue weighted by Crippen LogP contribution is 2.49. The smallest absolute Gasteiger partial charge is 0.159 e. The Morgan fingerprint density at radius 3 is 1.84 bits per heavy atom. The van der Waals surface area contributed by atoms with E-state index in [9.17, 15) is 0 Å². The number of nitrogens with zero attached hydrogens (tertiary/aromatic N) is 1.